The highest BCUT2D eigenvalue weighted by Gasteiger charge is 2.31. The molecule has 4 heterocycles. The molecule has 0 amide bonds. The van der Waals surface area contributed by atoms with Crippen LogP contribution >= 0.6 is 7.92 Å². The average Bonchev–Trinajstić information content (AvgIpc) is 3.02. The van der Waals surface area contributed by atoms with Crippen molar-refractivity contribution in [3.8, 4) is 22.4 Å². The Morgan fingerprint density at radius 3 is 1.88 bits per heavy atom. The maximum Gasteiger partial charge on any atom is 0.0971 e. The number of hydrogen-bond acceptors (Lipinski definition) is 3. The molecule has 6 aromatic rings. The Balaban J connectivity index is 1.76. The summed E-state index contributed by atoms with van der Waals surface area (Å²) in [4.78, 5) is 14.6. The second-order valence-electron chi connectivity index (χ2n) is 8.11. The number of fused-ring (bicyclic) bond motifs is 10. The number of nitrogens with zero attached hydrogens (tertiary/aromatic N) is 3. The monoisotopic (exact) mass is 439 g/mol. The Morgan fingerprint density at radius 1 is 0.485 bits per heavy atom. The fourth-order valence-electron chi connectivity index (χ4n) is 5.02. The van der Waals surface area contributed by atoms with Crippen LogP contribution < -0.4 is 15.9 Å². The first-order valence-corrected chi connectivity index (χ1v) is 12.3. The van der Waals surface area contributed by atoms with Gasteiger partial charge in [0.15, 0.2) is 0 Å². The fraction of sp³-hybridized carbons (Fsp3) is 0. The Labute approximate surface area is 192 Å². The quantitative estimate of drug-likeness (QED) is 0.248. The van der Waals surface area contributed by atoms with E-state index in [-0.39, 0.29) is 0 Å². The van der Waals surface area contributed by atoms with Crippen LogP contribution in [0.5, 0.6) is 0 Å². The Bertz CT molecular complexity index is 1570. The first-order valence-electron chi connectivity index (χ1n) is 11.0. The molecule has 3 aromatic carbocycles. The van der Waals surface area contributed by atoms with Crippen LogP contribution in [0.2, 0.25) is 0 Å². The van der Waals surface area contributed by atoms with Crippen LogP contribution in [0.15, 0.2) is 110 Å². The molecule has 0 N–H and O–H groups in total. The normalized spacial score (nSPS) is 14.4. The van der Waals surface area contributed by atoms with Gasteiger partial charge in [0.25, 0.3) is 0 Å². The minimum absolute atomic E-state index is 0.786. The zero-order valence-corrected chi connectivity index (χ0v) is 18.6. The van der Waals surface area contributed by atoms with Gasteiger partial charge in [-0.1, -0.05) is 72.8 Å². The lowest BCUT2D eigenvalue weighted by atomic mass is 9.90. The highest BCUT2D eigenvalue weighted by atomic mass is 31.1. The van der Waals surface area contributed by atoms with Crippen LogP contribution in [-0.4, -0.2) is 15.0 Å². The third-order valence-electron chi connectivity index (χ3n) is 6.32. The molecule has 154 valence electrons. The molecule has 0 fully saturated rings. The zero-order chi connectivity index (χ0) is 21.8. The summed E-state index contributed by atoms with van der Waals surface area (Å²) in [6.45, 7) is 0. The molecule has 0 bridgehead atoms. The van der Waals surface area contributed by atoms with Crippen molar-refractivity contribution in [2.24, 2.45) is 0 Å². The van der Waals surface area contributed by atoms with E-state index in [2.05, 4.69) is 78.9 Å². The minimum Gasteiger partial charge on any atom is -0.256 e. The summed E-state index contributed by atoms with van der Waals surface area (Å²) in [5, 5.41) is 6.16. The van der Waals surface area contributed by atoms with E-state index in [1.807, 2.05) is 30.7 Å². The molecule has 0 aliphatic carbocycles. The van der Waals surface area contributed by atoms with Gasteiger partial charge in [-0.3, -0.25) is 15.0 Å². The SMILES string of the molecule is c1ccc(P2c3ccccc3-c3c(c4cccnc4c4ncccc34)-c3ncccc32)cc1. The highest BCUT2D eigenvalue weighted by molar-refractivity contribution is 7.80. The summed E-state index contributed by atoms with van der Waals surface area (Å²) in [6, 6.07) is 32.3. The Morgan fingerprint density at radius 2 is 1.09 bits per heavy atom. The highest BCUT2D eigenvalue weighted by Crippen LogP contribution is 2.49. The van der Waals surface area contributed by atoms with Gasteiger partial charge in [0, 0.05) is 45.8 Å². The third kappa shape index (κ3) is 2.70. The predicted octanol–water partition coefficient (Wildman–Crippen LogP) is 5.58. The lowest BCUT2D eigenvalue weighted by Crippen LogP contribution is -2.22. The van der Waals surface area contributed by atoms with Crippen molar-refractivity contribution in [2.75, 3.05) is 0 Å². The van der Waals surface area contributed by atoms with Crippen molar-refractivity contribution in [3.63, 3.8) is 0 Å². The van der Waals surface area contributed by atoms with E-state index in [9.17, 15) is 0 Å². The summed E-state index contributed by atoms with van der Waals surface area (Å²) >= 11 is 0. The molecule has 1 aliphatic heterocycles. The predicted molar refractivity (Wildman–Crippen MR) is 138 cm³/mol. The molecular weight excluding hydrogens is 421 g/mol. The van der Waals surface area contributed by atoms with Crippen LogP contribution in [0.25, 0.3) is 44.2 Å². The lowest BCUT2D eigenvalue weighted by molar-refractivity contribution is 1.34. The minimum atomic E-state index is -0.786. The molecule has 1 aliphatic rings. The van der Waals surface area contributed by atoms with Crippen LogP contribution in [0.4, 0.5) is 0 Å². The third-order valence-corrected chi connectivity index (χ3v) is 8.85. The van der Waals surface area contributed by atoms with Gasteiger partial charge in [0.05, 0.1) is 16.7 Å². The molecule has 33 heavy (non-hydrogen) atoms. The maximum atomic E-state index is 5.00. The van der Waals surface area contributed by atoms with Crippen LogP contribution in [0.3, 0.4) is 0 Å². The van der Waals surface area contributed by atoms with Gasteiger partial charge in [0.1, 0.15) is 0 Å². The molecule has 7 rings (SSSR count). The van der Waals surface area contributed by atoms with Crippen molar-refractivity contribution in [1.82, 2.24) is 15.0 Å². The first kappa shape index (κ1) is 18.6. The fourth-order valence-corrected chi connectivity index (χ4v) is 7.59. The number of aromatic nitrogens is 3. The topological polar surface area (TPSA) is 38.7 Å². The van der Waals surface area contributed by atoms with Gasteiger partial charge in [-0.25, -0.2) is 0 Å². The van der Waals surface area contributed by atoms with Crippen LogP contribution in [0, 0.1) is 0 Å². The molecule has 0 spiro atoms. The van der Waals surface area contributed by atoms with Crippen molar-refractivity contribution >= 4 is 45.6 Å². The first-order chi connectivity index (χ1) is 16.4. The van der Waals surface area contributed by atoms with E-state index < -0.39 is 7.92 Å². The molecule has 1 atom stereocenters. The lowest BCUT2D eigenvalue weighted by Gasteiger charge is -2.20. The summed E-state index contributed by atoms with van der Waals surface area (Å²) in [5.41, 5.74) is 6.52. The van der Waals surface area contributed by atoms with Crippen LogP contribution in [0.1, 0.15) is 0 Å². The van der Waals surface area contributed by atoms with Crippen molar-refractivity contribution in [3.05, 3.63) is 110 Å². The second kappa shape index (κ2) is 7.30. The molecule has 1 unspecified atom stereocenters. The molecular formula is C29H18N3P. The Hall–Kier alpha value is -3.94. The van der Waals surface area contributed by atoms with Gasteiger partial charge in [-0.2, -0.15) is 0 Å². The molecule has 0 saturated carbocycles. The van der Waals surface area contributed by atoms with E-state index in [1.54, 1.807) is 0 Å². The standard InChI is InChI=1S/C29H18N3P/c1-2-9-19(10-3-1)33-23-14-5-4-11-20(23)25-21-12-6-16-30-27(21)28-22(13-7-17-31-28)26(25)29-24(33)15-8-18-32-29/h1-18H. The van der Waals surface area contributed by atoms with Crippen molar-refractivity contribution < 1.29 is 0 Å². The van der Waals surface area contributed by atoms with E-state index in [1.165, 1.54) is 27.0 Å². The van der Waals surface area contributed by atoms with Crippen molar-refractivity contribution in [2.45, 2.75) is 0 Å². The molecule has 0 radical (unpaired) electrons. The largest absolute Gasteiger partial charge is 0.256 e. The molecule has 4 heteroatoms. The summed E-state index contributed by atoms with van der Waals surface area (Å²) in [7, 11) is -0.786. The van der Waals surface area contributed by atoms with E-state index in [0.29, 0.717) is 0 Å². The van der Waals surface area contributed by atoms with E-state index >= 15 is 0 Å². The number of benzene rings is 3. The Kier molecular flexibility index (Phi) is 4.12. The average molecular weight is 439 g/mol. The van der Waals surface area contributed by atoms with Gasteiger partial charge in [-0.15, -0.1) is 0 Å². The van der Waals surface area contributed by atoms with Crippen LogP contribution in [-0.2, 0) is 0 Å². The summed E-state index contributed by atoms with van der Waals surface area (Å²) < 4.78 is 0. The number of rotatable bonds is 1. The smallest absolute Gasteiger partial charge is 0.0971 e. The van der Waals surface area contributed by atoms with E-state index in [4.69, 9.17) is 15.0 Å². The van der Waals surface area contributed by atoms with Gasteiger partial charge in [0.2, 0.25) is 0 Å². The molecule has 0 saturated heterocycles. The summed E-state index contributed by atoms with van der Waals surface area (Å²) in [6.07, 6.45) is 5.62. The van der Waals surface area contributed by atoms with E-state index in [0.717, 1.165) is 33.1 Å². The zero-order valence-electron chi connectivity index (χ0n) is 17.7. The second-order valence-corrected chi connectivity index (χ2v) is 10.3. The molecule has 3 aromatic heterocycles. The van der Waals surface area contributed by atoms with Gasteiger partial charge < -0.3 is 0 Å². The number of pyridine rings is 3. The number of hydrogen-bond donors (Lipinski definition) is 0. The van der Waals surface area contributed by atoms with Gasteiger partial charge >= 0.3 is 0 Å². The van der Waals surface area contributed by atoms with Gasteiger partial charge in [-0.05, 0) is 42.3 Å². The maximum absolute atomic E-state index is 5.00. The molecule has 3 nitrogen and oxygen atoms in total. The van der Waals surface area contributed by atoms with Crippen molar-refractivity contribution in [1.29, 1.82) is 0 Å². The summed E-state index contributed by atoms with van der Waals surface area (Å²) in [5.74, 6) is 0.